The molecule has 0 unspecified atom stereocenters. The minimum absolute atomic E-state index is 0.0197. The number of amides is 1. The van der Waals surface area contributed by atoms with Gasteiger partial charge in [-0.3, -0.25) is 9.89 Å². The molecule has 0 radical (unpaired) electrons. The van der Waals surface area contributed by atoms with Crippen LogP contribution < -0.4 is 0 Å². The van der Waals surface area contributed by atoms with Gasteiger partial charge in [-0.25, -0.2) is 8.42 Å². The summed E-state index contributed by atoms with van der Waals surface area (Å²) < 4.78 is 30.9. The normalized spacial score (nSPS) is 16.9. The standard InChI is InChI=1S/C13H17N5O4S/c1-2-22-10-11(9-14)13(19)17-5-7-18(8-6-17)23(20,21)12-3-4-15-16-12/h3-4,10H,2,5-8H2,1H3,(H,15,16)/b11-10+. The summed E-state index contributed by atoms with van der Waals surface area (Å²) in [6.45, 7) is 2.82. The molecule has 1 aliphatic rings. The highest BCUT2D eigenvalue weighted by Crippen LogP contribution is 2.16. The van der Waals surface area contributed by atoms with Crippen molar-refractivity contribution in [3.05, 3.63) is 24.1 Å². The minimum atomic E-state index is -3.63. The number of sulfonamides is 1. The van der Waals surface area contributed by atoms with Gasteiger partial charge in [0.05, 0.1) is 12.8 Å². The number of H-pyrrole nitrogens is 1. The number of carbonyl (C=O) groups is 1. The van der Waals surface area contributed by atoms with Crippen LogP contribution in [-0.2, 0) is 19.6 Å². The van der Waals surface area contributed by atoms with Crippen LogP contribution in [0.4, 0.5) is 0 Å². The lowest BCUT2D eigenvalue weighted by molar-refractivity contribution is -0.128. The van der Waals surface area contributed by atoms with Crippen molar-refractivity contribution < 1.29 is 17.9 Å². The molecule has 1 aromatic rings. The largest absolute Gasteiger partial charge is 0.500 e. The zero-order valence-corrected chi connectivity index (χ0v) is 13.4. The summed E-state index contributed by atoms with van der Waals surface area (Å²) in [5.41, 5.74) is -0.100. The van der Waals surface area contributed by atoms with Crippen LogP contribution in [0.15, 0.2) is 29.1 Å². The second kappa shape index (κ2) is 7.26. The predicted molar refractivity (Wildman–Crippen MR) is 79.2 cm³/mol. The highest BCUT2D eigenvalue weighted by Gasteiger charge is 2.31. The molecule has 9 nitrogen and oxygen atoms in total. The molecule has 1 amide bonds. The lowest BCUT2D eigenvalue weighted by Gasteiger charge is -2.33. The van der Waals surface area contributed by atoms with Crippen molar-refractivity contribution >= 4 is 15.9 Å². The number of hydrogen-bond donors (Lipinski definition) is 1. The Morgan fingerprint density at radius 2 is 2.17 bits per heavy atom. The zero-order valence-electron chi connectivity index (χ0n) is 12.6. The number of rotatable bonds is 5. The molecule has 23 heavy (non-hydrogen) atoms. The number of aromatic amines is 1. The van der Waals surface area contributed by atoms with Gasteiger partial charge in [-0.05, 0) is 13.0 Å². The van der Waals surface area contributed by atoms with Crippen molar-refractivity contribution in [2.75, 3.05) is 32.8 Å². The molecule has 1 aliphatic heterocycles. The molecule has 0 saturated carbocycles. The van der Waals surface area contributed by atoms with E-state index in [1.807, 2.05) is 0 Å². The van der Waals surface area contributed by atoms with Gasteiger partial charge in [0.25, 0.3) is 15.9 Å². The van der Waals surface area contributed by atoms with Crippen molar-refractivity contribution in [2.45, 2.75) is 11.9 Å². The molecule has 0 spiro atoms. The maximum atomic E-state index is 12.3. The van der Waals surface area contributed by atoms with E-state index in [1.165, 1.54) is 21.5 Å². The molecule has 2 heterocycles. The van der Waals surface area contributed by atoms with Gasteiger partial charge < -0.3 is 9.64 Å². The van der Waals surface area contributed by atoms with E-state index in [0.29, 0.717) is 6.61 Å². The molecular formula is C13H17N5O4S. The first-order valence-corrected chi connectivity index (χ1v) is 8.45. The van der Waals surface area contributed by atoms with Gasteiger partial charge in [0.1, 0.15) is 12.3 Å². The molecular weight excluding hydrogens is 322 g/mol. The molecule has 2 rings (SSSR count). The summed E-state index contributed by atoms with van der Waals surface area (Å²) >= 11 is 0. The maximum Gasteiger partial charge on any atom is 0.267 e. The third-order valence-corrected chi connectivity index (χ3v) is 5.17. The highest BCUT2D eigenvalue weighted by atomic mass is 32.2. The van der Waals surface area contributed by atoms with Crippen LogP contribution in [0.1, 0.15) is 6.92 Å². The Morgan fingerprint density at radius 1 is 1.48 bits per heavy atom. The van der Waals surface area contributed by atoms with Crippen LogP contribution in [0, 0.1) is 11.3 Å². The van der Waals surface area contributed by atoms with Gasteiger partial charge >= 0.3 is 0 Å². The van der Waals surface area contributed by atoms with Crippen LogP contribution in [0.3, 0.4) is 0 Å². The van der Waals surface area contributed by atoms with E-state index in [1.54, 1.807) is 13.0 Å². The van der Waals surface area contributed by atoms with Crippen LogP contribution in [0.25, 0.3) is 0 Å². The fourth-order valence-corrected chi connectivity index (χ4v) is 3.44. The minimum Gasteiger partial charge on any atom is -0.500 e. The van der Waals surface area contributed by atoms with E-state index in [0.717, 1.165) is 6.26 Å². The molecule has 124 valence electrons. The number of piperazine rings is 1. The summed E-state index contributed by atoms with van der Waals surface area (Å²) in [6.07, 6.45) is 2.50. The molecule has 0 aromatic carbocycles. The van der Waals surface area contributed by atoms with Gasteiger partial charge in [-0.15, -0.1) is 0 Å². The van der Waals surface area contributed by atoms with Crippen molar-refractivity contribution in [1.29, 1.82) is 5.26 Å². The summed E-state index contributed by atoms with van der Waals surface area (Å²) in [7, 11) is -3.63. The van der Waals surface area contributed by atoms with Crippen LogP contribution in [0.2, 0.25) is 0 Å². The quantitative estimate of drug-likeness (QED) is 0.446. The van der Waals surface area contributed by atoms with Crippen molar-refractivity contribution in [2.24, 2.45) is 0 Å². The number of ether oxygens (including phenoxy) is 1. The SMILES string of the molecule is CCO/C=C(\C#N)C(=O)N1CCN(S(=O)(=O)c2ccn[nH]2)CC1. The Kier molecular flexibility index (Phi) is 5.36. The highest BCUT2D eigenvalue weighted by molar-refractivity contribution is 7.89. The Balaban J connectivity index is 2.01. The number of carbonyl (C=O) groups excluding carboxylic acids is 1. The zero-order chi connectivity index (χ0) is 16.9. The average Bonchev–Trinajstić information content (AvgIpc) is 3.11. The van der Waals surface area contributed by atoms with Crippen LogP contribution in [0.5, 0.6) is 0 Å². The first kappa shape index (κ1) is 17.0. The second-order valence-corrected chi connectivity index (χ2v) is 6.62. The Labute approximate surface area is 134 Å². The average molecular weight is 339 g/mol. The second-order valence-electron chi connectivity index (χ2n) is 4.72. The fourth-order valence-electron chi connectivity index (χ4n) is 2.12. The number of nitrogens with one attached hydrogen (secondary N) is 1. The topological polar surface area (TPSA) is 119 Å². The number of aromatic nitrogens is 2. The molecule has 0 bridgehead atoms. The number of nitrogens with zero attached hydrogens (tertiary/aromatic N) is 4. The third-order valence-electron chi connectivity index (χ3n) is 3.34. The van der Waals surface area contributed by atoms with Crippen LogP contribution in [-0.4, -0.2) is 66.5 Å². The van der Waals surface area contributed by atoms with E-state index in [2.05, 4.69) is 10.2 Å². The van der Waals surface area contributed by atoms with E-state index >= 15 is 0 Å². The smallest absolute Gasteiger partial charge is 0.267 e. The molecule has 1 N–H and O–H groups in total. The van der Waals surface area contributed by atoms with Crippen molar-refractivity contribution in [3.63, 3.8) is 0 Å². The van der Waals surface area contributed by atoms with Gasteiger partial charge in [-0.2, -0.15) is 14.7 Å². The first-order chi connectivity index (χ1) is 11.0. The van der Waals surface area contributed by atoms with Gasteiger partial charge in [-0.1, -0.05) is 0 Å². The van der Waals surface area contributed by atoms with Gasteiger partial charge in [0.15, 0.2) is 10.6 Å². The van der Waals surface area contributed by atoms with Gasteiger partial charge in [0.2, 0.25) is 0 Å². The van der Waals surface area contributed by atoms with Gasteiger partial charge in [0, 0.05) is 26.2 Å². The van der Waals surface area contributed by atoms with E-state index in [9.17, 15) is 13.2 Å². The lowest BCUT2D eigenvalue weighted by Crippen LogP contribution is -2.50. The van der Waals surface area contributed by atoms with E-state index in [4.69, 9.17) is 10.00 Å². The monoisotopic (exact) mass is 339 g/mol. The van der Waals surface area contributed by atoms with E-state index in [-0.39, 0.29) is 36.8 Å². The number of nitriles is 1. The fraction of sp³-hybridized carbons (Fsp3) is 0.462. The molecule has 1 aromatic heterocycles. The number of hydrogen-bond acceptors (Lipinski definition) is 6. The Bertz CT molecular complexity index is 712. The Hall–Kier alpha value is -2.38. The first-order valence-electron chi connectivity index (χ1n) is 7.01. The van der Waals surface area contributed by atoms with Crippen LogP contribution >= 0.6 is 0 Å². The third kappa shape index (κ3) is 3.69. The molecule has 0 aliphatic carbocycles. The lowest BCUT2D eigenvalue weighted by atomic mass is 10.2. The summed E-state index contributed by atoms with van der Waals surface area (Å²) in [6, 6.07) is 3.18. The maximum absolute atomic E-state index is 12.3. The molecule has 0 atom stereocenters. The summed E-state index contributed by atoms with van der Waals surface area (Å²) in [5, 5.41) is 15.1. The van der Waals surface area contributed by atoms with Crippen molar-refractivity contribution in [3.8, 4) is 6.07 Å². The Morgan fingerprint density at radius 3 is 2.70 bits per heavy atom. The summed E-state index contributed by atoms with van der Waals surface area (Å²) in [5.74, 6) is -0.459. The molecule has 10 heteroatoms. The molecule has 1 saturated heterocycles. The van der Waals surface area contributed by atoms with Crippen molar-refractivity contribution in [1.82, 2.24) is 19.4 Å². The van der Waals surface area contributed by atoms with E-state index < -0.39 is 15.9 Å². The summed E-state index contributed by atoms with van der Waals surface area (Å²) in [4.78, 5) is 13.6. The molecule has 1 fully saturated rings. The predicted octanol–water partition coefficient (Wildman–Crippen LogP) is -0.313.